The molecule has 1 aromatic rings. The number of aliphatic hydroxyl groups is 1. The van der Waals surface area contributed by atoms with Crippen LogP contribution in [0.3, 0.4) is 0 Å². The van der Waals surface area contributed by atoms with Crippen LogP contribution in [-0.4, -0.2) is 11.2 Å². The number of hydrogen-bond acceptors (Lipinski definition) is 2. The van der Waals surface area contributed by atoms with Crippen molar-refractivity contribution in [1.82, 2.24) is 0 Å². The third-order valence-corrected chi connectivity index (χ3v) is 1.53. The topological polar surface area (TPSA) is 33.4 Å². The maximum absolute atomic E-state index is 9.19. The third-order valence-electron chi connectivity index (χ3n) is 1.53. The molecule has 1 atom stereocenters. The molecule has 1 N–H and O–H groups in total. The molecule has 0 saturated carbocycles. The van der Waals surface area contributed by atoms with E-state index in [1.165, 1.54) is 0 Å². The van der Waals surface area contributed by atoms with Crippen LogP contribution in [0.25, 0.3) is 6.08 Å². The molecule has 0 aliphatic rings. The fourth-order valence-corrected chi connectivity index (χ4v) is 0.830. The van der Waals surface area contributed by atoms with E-state index < -0.39 is 6.10 Å². The van der Waals surface area contributed by atoms with Crippen LogP contribution in [0.1, 0.15) is 12.5 Å². The van der Waals surface area contributed by atoms with Gasteiger partial charge in [0.25, 0.3) is 0 Å². The van der Waals surface area contributed by atoms with Crippen molar-refractivity contribution in [2.24, 2.45) is 0 Å². The van der Waals surface area contributed by atoms with Crippen LogP contribution >= 0.6 is 0 Å². The zero-order valence-electron chi connectivity index (χ0n) is 6.82. The summed E-state index contributed by atoms with van der Waals surface area (Å²) in [5, 5.41) is 9.19. The number of rotatable bonds is 2. The minimum absolute atomic E-state index is 0.735. The summed E-state index contributed by atoms with van der Waals surface area (Å²) in [5.41, 5.74) is 1.64. The Morgan fingerprint density at radius 3 is 3.08 bits per heavy atom. The third kappa shape index (κ3) is 2.01. The first-order chi connectivity index (χ1) is 5.74. The maximum atomic E-state index is 9.19. The van der Waals surface area contributed by atoms with E-state index in [2.05, 4.69) is 5.92 Å². The lowest BCUT2D eigenvalue weighted by molar-refractivity contribution is 0.269. The van der Waals surface area contributed by atoms with Gasteiger partial charge in [-0.1, -0.05) is 5.92 Å². The van der Waals surface area contributed by atoms with Crippen molar-refractivity contribution in [2.75, 3.05) is 0 Å². The summed E-state index contributed by atoms with van der Waals surface area (Å²) in [4.78, 5) is 0. The summed E-state index contributed by atoms with van der Waals surface area (Å²) in [6.45, 7) is 1.78. The van der Waals surface area contributed by atoms with Gasteiger partial charge in [0.1, 0.15) is 6.10 Å². The first-order valence-corrected chi connectivity index (χ1v) is 3.58. The lowest BCUT2D eigenvalue weighted by Crippen LogP contribution is -2.03. The minimum Gasteiger partial charge on any atom is -0.472 e. The fourth-order valence-electron chi connectivity index (χ4n) is 0.830. The summed E-state index contributed by atoms with van der Waals surface area (Å²) in [6, 6.07) is 1.80. The lowest BCUT2D eigenvalue weighted by Gasteiger charge is -2.01. The van der Waals surface area contributed by atoms with Gasteiger partial charge in [-0.05, 0) is 24.6 Å². The maximum Gasteiger partial charge on any atom is 0.136 e. The van der Waals surface area contributed by atoms with Crippen LogP contribution < -0.4 is 0 Å². The van der Waals surface area contributed by atoms with Crippen LogP contribution in [0, 0.1) is 12.3 Å². The minimum atomic E-state index is -0.806. The van der Waals surface area contributed by atoms with Crippen LogP contribution in [0.5, 0.6) is 0 Å². The van der Waals surface area contributed by atoms with Gasteiger partial charge in [0.2, 0.25) is 0 Å². The van der Waals surface area contributed by atoms with E-state index in [9.17, 15) is 5.11 Å². The summed E-state index contributed by atoms with van der Waals surface area (Å²) in [6.07, 6.45) is 9.18. The van der Waals surface area contributed by atoms with Crippen LogP contribution in [0.15, 0.2) is 28.6 Å². The Morgan fingerprint density at radius 2 is 2.58 bits per heavy atom. The Balaban J connectivity index is 2.77. The molecule has 0 aromatic carbocycles. The molecule has 1 rings (SSSR count). The molecular weight excluding hydrogens is 152 g/mol. The average molecular weight is 162 g/mol. The van der Waals surface area contributed by atoms with Crippen molar-refractivity contribution in [3.8, 4) is 12.3 Å². The molecule has 1 unspecified atom stereocenters. The molecule has 0 fully saturated rings. The standard InChI is InChI=1S/C10H10O2/c1-3-10(11)8(2)6-9-4-5-12-7-9/h1,4-7,10-11H,2H3/b8-6+. The van der Waals surface area contributed by atoms with Crippen molar-refractivity contribution >= 4 is 6.08 Å². The van der Waals surface area contributed by atoms with Gasteiger partial charge in [-0.25, -0.2) is 0 Å². The van der Waals surface area contributed by atoms with E-state index in [-0.39, 0.29) is 0 Å². The molecule has 1 aromatic heterocycles. The molecule has 0 amide bonds. The van der Waals surface area contributed by atoms with Crippen molar-refractivity contribution in [2.45, 2.75) is 13.0 Å². The Morgan fingerprint density at radius 1 is 1.83 bits per heavy atom. The molecule has 2 heteroatoms. The van der Waals surface area contributed by atoms with Crippen molar-refractivity contribution in [1.29, 1.82) is 0 Å². The van der Waals surface area contributed by atoms with Gasteiger partial charge in [0, 0.05) is 5.56 Å². The molecular formula is C10H10O2. The van der Waals surface area contributed by atoms with Gasteiger partial charge < -0.3 is 9.52 Å². The highest BCUT2D eigenvalue weighted by Gasteiger charge is 2.00. The van der Waals surface area contributed by atoms with Gasteiger partial charge in [-0.3, -0.25) is 0 Å². The molecule has 0 radical (unpaired) electrons. The Labute approximate surface area is 71.5 Å². The SMILES string of the molecule is C#CC(O)/C(C)=C/c1ccoc1. The molecule has 0 bridgehead atoms. The summed E-state index contributed by atoms with van der Waals surface area (Å²) < 4.78 is 4.85. The van der Waals surface area contributed by atoms with Crippen LogP contribution in [0.4, 0.5) is 0 Å². The molecule has 1 heterocycles. The zero-order valence-corrected chi connectivity index (χ0v) is 6.82. The second kappa shape index (κ2) is 3.80. The van der Waals surface area contributed by atoms with Gasteiger partial charge >= 0.3 is 0 Å². The summed E-state index contributed by atoms with van der Waals surface area (Å²) in [5.74, 6) is 2.23. The highest BCUT2D eigenvalue weighted by atomic mass is 16.3. The van der Waals surface area contributed by atoms with E-state index in [0.29, 0.717) is 0 Å². The second-order valence-corrected chi connectivity index (χ2v) is 2.51. The molecule has 0 aliphatic heterocycles. The van der Waals surface area contributed by atoms with E-state index in [1.807, 2.05) is 0 Å². The van der Waals surface area contributed by atoms with E-state index in [0.717, 1.165) is 11.1 Å². The normalized spacial score (nSPS) is 13.9. The molecule has 0 saturated heterocycles. The predicted molar refractivity (Wildman–Crippen MR) is 47.2 cm³/mol. The van der Waals surface area contributed by atoms with Crippen LogP contribution in [0.2, 0.25) is 0 Å². The average Bonchev–Trinajstić information content (AvgIpc) is 2.55. The van der Waals surface area contributed by atoms with E-state index >= 15 is 0 Å². The molecule has 62 valence electrons. The number of aliphatic hydroxyl groups excluding tert-OH is 1. The van der Waals surface area contributed by atoms with Gasteiger partial charge in [0.05, 0.1) is 12.5 Å². The number of hydrogen-bond donors (Lipinski definition) is 1. The Kier molecular flexibility index (Phi) is 2.73. The van der Waals surface area contributed by atoms with Crippen molar-refractivity contribution in [3.05, 3.63) is 29.7 Å². The first kappa shape index (κ1) is 8.63. The Bertz CT molecular complexity index is 301. The molecule has 0 spiro atoms. The highest BCUT2D eigenvalue weighted by molar-refractivity contribution is 5.52. The van der Waals surface area contributed by atoms with Crippen molar-refractivity contribution in [3.63, 3.8) is 0 Å². The smallest absolute Gasteiger partial charge is 0.136 e. The predicted octanol–water partition coefficient (Wildman–Crippen LogP) is 1.68. The Hall–Kier alpha value is -1.46. The zero-order chi connectivity index (χ0) is 8.97. The lowest BCUT2D eigenvalue weighted by atomic mass is 10.1. The number of terminal acetylenes is 1. The van der Waals surface area contributed by atoms with E-state index in [4.69, 9.17) is 10.8 Å². The summed E-state index contributed by atoms with van der Waals surface area (Å²) in [7, 11) is 0. The first-order valence-electron chi connectivity index (χ1n) is 3.58. The molecule has 2 nitrogen and oxygen atoms in total. The number of furan rings is 1. The van der Waals surface area contributed by atoms with Gasteiger partial charge in [0.15, 0.2) is 0 Å². The molecule has 0 aliphatic carbocycles. The monoisotopic (exact) mass is 162 g/mol. The largest absolute Gasteiger partial charge is 0.472 e. The second-order valence-electron chi connectivity index (χ2n) is 2.51. The van der Waals surface area contributed by atoms with Crippen LogP contribution in [-0.2, 0) is 0 Å². The highest BCUT2D eigenvalue weighted by Crippen LogP contribution is 2.09. The van der Waals surface area contributed by atoms with Gasteiger partial charge in [-0.2, -0.15) is 0 Å². The van der Waals surface area contributed by atoms with E-state index in [1.54, 1.807) is 31.6 Å². The summed E-state index contributed by atoms with van der Waals surface area (Å²) >= 11 is 0. The quantitative estimate of drug-likeness (QED) is 0.671. The van der Waals surface area contributed by atoms with Gasteiger partial charge in [-0.15, -0.1) is 6.42 Å². The van der Waals surface area contributed by atoms with Crippen molar-refractivity contribution < 1.29 is 9.52 Å². The fraction of sp³-hybridized carbons (Fsp3) is 0.200. The molecule has 12 heavy (non-hydrogen) atoms.